The summed E-state index contributed by atoms with van der Waals surface area (Å²) >= 11 is 0. The third kappa shape index (κ3) is 1.10. The van der Waals surface area contributed by atoms with E-state index in [1.165, 1.54) is 0 Å². The Morgan fingerprint density at radius 2 is 2.45 bits per heavy atom. The smallest absolute Gasteiger partial charge is 0.136 e. The standard InChI is InChI=1S/C9H10O2/c1-7-4-6-11-9(7)8-3-2-5-10-8/h2-3,5,9H,1,4,6H2. The molecule has 0 bridgehead atoms. The highest BCUT2D eigenvalue weighted by Crippen LogP contribution is 2.32. The molecule has 0 aromatic carbocycles. The van der Waals surface area contributed by atoms with E-state index in [0.717, 1.165) is 24.4 Å². The van der Waals surface area contributed by atoms with Crippen molar-refractivity contribution in [2.75, 3.05) is 6.61 Å². The van der Waals surface area contributed by atoms with Crippen LogP contribution in [0, 0.1) is 0 Å². The Hall–Kier alpha value is -1.02. The van der Waals surface area contributed by atoms with Gasteiger partial charge in [-0.15, -0.1) is 0 Å². The van der Waals surface area contributed by atoms with Crippen molar-refractivity contribution in [3.05, 3.63) is 36.3 Å². The topological polar surface area (TPSA) is 22.4 Å². The average molecular weight is 150 g/mol. The quantitative estimate of drug-likeness (QED) is 0.573. The van der Waals surface area contributed by atoms with Crippen LogP contribution in [0.15, 0.2) is 35.0 Å². The van der Waals surface area contributed by atoms with Gasteiger partial charge in [0.2, 0.25) is 0 Å². The van der Waals surface area contributed by atoms with Crippen LogP contribution in [0.25, 0.3) is 0 Å². The number of hydrogen-bond acceptors (Lipinski definition) is 2. The van der Waals surface area contributed by atoms with Gasteiger partial charge in [-0.25, -0.2) is 0 Å². The molecule has 2 nitrogen and oxygen atoms in total. The van der Waals surface area contributed by atoms with Gasteiger partial charge in [0.05, 0.1) is 12.9 Å². The minimum atomic E-state index is 0.00463. The van der Waals surface area contributed by atoms with E-state index in [-0.39, 0.29) is 6.10 Å². The van der Waals surface area contributed by atoms with Crippen molar-refractivity contribution in [1.29, 1.82) is 0 Å². The van der Waals surface area contributed by atoms with Crippen molar-refractivity contribution in [3.8, 4) is 0 Å². The SMILES string of the molecule is C=C1CCOC1c1ccco1. The Morgan fingerprint density at radius 3 is 3.00 bits per heavy atom. The van der Waals surface area contributed by atoms with E-state index < -0.39 is 0 Å². The highest BCUT2D eigenvalue weighted by atomic mass is 16.5. The summed E-state index contributed by atoms with van der Waals surface area (Å²) < 4.78 is 10.6. The summed E-state index contributed by atoms with van der Waals surface area (Å²) in [7, 11) is 0. The monoisotopic (exact) mass is 150 g/mol. The highest BCUT2D eigenvalue weighted by molar-refractivity contribution is 5.17. The van der Waals surface area contributed by atoms with Gasteiger partial charge in [0, 0.05) is 0 Å². The lowest BCUT2D eigenvalue weighted by Gasteiger charge is -2.05. The maximum absolute atomic E-state index is 5.42. The lowest BCUT2D eigenvalue weighted by Crippen LogP contribution is -1.94. The summed E-state index contributed by atoms with van der Waals surface area (Å²) in [4.78, 5) is 0. The molecule has 2 heterocycles. The molecule has 0 aliphatic carbocycles. The predicted octanol–water partition coefficient (Wildman–Crippen LogP) is 2.30. The van der Waals surface area contributed by atoms with Crippen molar-refractivity contribution >= 4 is 0 Å². The Kier molecular flexibility index (Phi) is 1.55. The van der Waals surface area contributed by atoms with Crippen LogP contribution in [0.2, 0.25) is 0 Å². The van der Waals surface area contributed by atoms with Crippen LogP contribution in [0.5, 0.6) is 0 Å². The molecule has 1 atom stereocenters. The molecule has 1 aromatic rings. The molecule has 0 saturated carbocycles. The number of furan rings is 1. The van der Waals surface area contributed by atoms with Gasteiger partial charge in [0.1, 0.15) is 11.9 Å². The molecular formula is C9H10O2. The zero-order chi connectivity index (χ0) is 7.68. The summed E-state index contributed by atoms with van der Waals surface area (Å²) in [5.41, 5.74) is 1.11. The first-order chi connectivity index (χ1) is 5.38. The fourth-order valence-electron chi connectivity index (χ4n) is 1.28. The molecule has 1 aliphatic heterocycles. The first-order valence-corrected chi connectivity index (χ1v) is 3.70. The molecule has 1 unspecified atom stereocenters. The summed E-state index contributed by atoms with van der Waals surface area (Å²) in [5, 5.41) is 0. The van der Waals surface area contributed by atoms with Crippen LogP contribution in [-0.2, 0) is 4.74 Å². The summed E-state index contributed by atoms with van der Waals surface area (Å²) in [5.74, 6) is 0.868. The van der Waals surface area contributed by atoms with Crippen LogP contribution < -0.4 is 0 Å². The van der Waals surface area contributed by atoms with Crippen molar-refractivity contribution in [2.45, 2.75) is 12.5 Å². The Morgan fingerprint density at radius 1 is 1.55 bits per heavy atom. The van der Waals surface area contributed by atoms with Gasteiger partial charge in [-0.2, -0.15) is 0 Å². The van der Waals surface area contributed by atoms with E-state index in [1.807, 2.05) is 12.1 Å². The molecular weight excluding hydrogens is 140 g/mol. The van der Waals surface area contributed by atoms with Crippen molar-refractivity contribution in [2.24, 2.45) is 0 Å². The predicted molar refractivity (Wildman–Crippen MR) is 41.2 cm³/mol. The summed E-state index contributed by atoms with van der Waals surface area (Å²) in [6.07, 6.45) is 2.61. The number of hydrogen-bond donors (Lipinski definition) is 0. The third-order valence-corrected chi connectivity index (χ3v) is 1.88. The second-order valence-corrected chi connectivity index (χ2v) is 2.67. The number of rotatable bonds is 1. The first-order valence-electron chi connectivity index (χ1n) is 3.70. The van der Waals surface area contributed by atoms with E-state index in [0.29, 0.717) is 0 Å². The minimum Gasteiger partial charge on any atom is -0.466 e. The zero-order valence-electron chi connectivity index (χ0n) is 6.25. The first kappa shape index (κ1) is 6.68. The van der Waals surface area contributed by atoms with E-state index in [1.54, 1.807) is 6.26 Å². The van der Waals surface area contributed by atoms with E-state index in [2.05, 4.69) is 6.58 Å². The molecule has 11 heavy (non-hydrogen) atoms. The fraction of sp³-hybridized carbons (Fsp3) is 0.333. The highest BCUT2D eigenvalue weighted by Gasteiger charge is 2.23. The molecule has 1 fully saturated rings. The van der Waals surface area contributed by atoms with Crippen LogP contribution in [0.3, 0.4) is 0 Å². The van der Waals surface area contributed by atoms with Gasteiger partial charge in [-0.3, -0.25) is 0 Å². The lowest BCUT2D eigenvalue weighted by atomic mass is 10.1. The molecule has 0 N–H and O–H groups in total. The van der Waals surface area contributed by atoms with E-state index >= 15 is 0 Å². The fourth-order valence-corrected chi connectivity index (χ4v) is 1.28. The lowest BCUT2D eigenvalue weighted by molar-refractivity contribution is 0.108. The molecule has 2 rings (SSSR count). The molecule has 58 valence electrons. The molecule has 1 aromatic heterocycles. The molecule has 0 amide bonds. The van der Waals surface area contributed by atoms with Crippen molar-refractivity contribution in [1.82, 2.24) is 0 Å². The van der Waals surface area contributed by atoms with Crippen LogP contribution in [-0.4, -0.2) is 6.61 Å². The van der Waals surface area contributed by atoms with E-state index in [9.17, 15) is 0 Å². The van der Waals surface area contributed by atoms with E-state index in [4.69, 9.17) is 9.15 Å². The van der Waals surface area contributed by atoms with Crippen molar-refractivity contribution in [3.63, 3.8) is 0 Å². The number of ether oxygens (including phenoxy) is 1. The molecule has 0 radical (unpaired) electrons. The normalized spacial score (nSPS) is 24.4. The van der Waals surface area contributed by atoms with Crippen molar-refractivity contribution < 1.29 is 9.15 Å². The molecule has 2 heteroatoms. The van der Waals surface area contributed by atoms with Gasteiger partial charge in [0.15, 0.2) is 0 Å². The zero-order valence-corrected chi connectivity index (χ0v) is 6.25. The van der Waals surface area contributed by atoms with Gasteiger partial charge >= 0.3 is 0 Å². The second-order valence-electron chi connectivity index (χ2n) is 2.67. The van der Waals surface area contributed by atoms with Gasteiger partial charge in [0.25, 0.3) is 0 Å². The van der Waals surface area contributed by atoms with Gasteiger partial charge in [-0.1, -0.05) is 6.58 Å². The third-order valence-electron chi connectivity index (χ3n) is 1.88. The Labute approximate surface area is 65.5 Å². The average Bonchev–Trinajstić information content (AvgIpc) is 2.55. The largest absolute Gasteiger partial charge is 0.466 e. The van der Waals surface area contributed by atoms with Crippen LogP contribution in [0.1, 0.15) is 18.3 Å². The maximum atomic E-state index is 5.42. The summed E-state index contributed by atoms with van der Waals surface area (Å²) in [6, 6.07) is 3.78. The Bertz CT molecular complexity index is 249. The molecule has 1 saturated heterocycles. The second kappa shape index (κ2) is 2.55. The minimum absolute atomic E-state index is 0.00463. The maximum Gasteiger partial charge on any atom is 0.136 e. The molecule has 1 aliphatic rings. The van der Waals surface area contributed by atoms with Gasteiger partial charge < -0.3 is 9.15 Å². The Balaban J connectivity index is 2.23. The summed E-state index contributed by atoms with van der Waals surface area (Å²) in [6.45, 7) is 4.67. The van der Waals surface area contributed by atoms with Crippen LogP contribution in [0.4, 0.5) is 0 Å². The van der Waals surface area contributed by atoms with Crippen LogP contribution >= 0.6 is 0 Å². The molecule has 0 spiro atoms. The van der Waals surface area contributed by atoms with Gasteiger partial charge in [-0.05, 0) is 24.1 Å².